The highest BCUT2D eigenvalue weighted by Gasteiger charge is 2.38. The van der Waals surface area contributed by atoms with Crippen LogP contribution in [0.15, 0.2) is 60.8 Å². The van der Waals surface area contributed by atoms with Crippen molar-refractivity contribution in [1.82, 2.24) is 20.1 Å². The van der Waals surface area contributed by atoms with E-state index in [0.29, 0.717) is 13.0 Å². The monoisotopic (exact) mass is 404 g/mol. The molecule has 2 aromatic carbocycles. The number of fused-ring (bicyclic) bond motifs is 1. The van der Waals surface area contributed by atoms with Gasteiger partial charge in [-0.25, -0.2) is 0 Å². The highest BCUT2D eigenvalue weighted by Crippen LogP contribution is 2.37. The Morgan fingerprint density at radius 1 is 1.07 bits per heavy atom. The molecule has 0 saturated carbocycles. The van der Waals surface area contributed by atoms with Gasteiger partial charge in [-0.05, 0) is 44.1 Å². The number of para-hydroxylation sites is 1. The zero-order chi connectivity index (χ0) is 21.0. The van der Waals surface area contributed by atoms with E-state index in [9.17, 15) is 4.79 Å². The van der Waals surface area contributed by atoms with Crippen molar-refractivity contribution in [3.05, 3.63) is 71.9 Å². The lowest BCUT2D eigenvalue weighted by Crippen LogP contribution is -2.52. The SMILES string of the molecule is CN(C)C1(c2ccccc2)CCN(C(=O)CCNCc2c[nH]c3ccccc23)CC1. The molecule has 1 fully saturated rings. The highest BCUT2D eigenvalue weighted by molar-refractivity contribution is 5.83. The number of aromatic nitrogens is 1. The molecule has 30 heavy (non-hydrogen) atoms. The van der Waals surface area contributed by atoms with Crippen molar-refractivity contribution in [3.8, 4) is 0 Å². The lowest BCUT2D eigenvalue weighted by atomic mass is 9.79. The number of hydrogen-bond acceptors (Lipinski definition) is 3. The zero-order valence-corrected chi connectivity index (χ0v) is 18.0. The van der Waals surface area contributed by atoms with Crippen LogP contribution in [0.1, 0.15) is 30.4 Å². The number of piperidine rings is 1. The summed E-state index contributed by atoms with van der Waals surface area (Å²) in [5.74, 6) is 0.252. The van der Waals surface area contributed by atoms with Gasteiger partial charge in [0.25, 0.3) is 0 Å². The fraction of sp³-hybridized carbons (Fsp3) is 0.400. The van der Waals surface area contributed by atoms with E-state index in [0.717, 1.165) is 38.0 Å². The molecule has 0 atom stereocenters. The standard InChI is InChI=1S/C25H32N4O/c1-28(2)25(21-8-4-3-5-9-21)13-16-29(17-14-25)24(30)12-15-26-18-20-19-27-23-11-7-6-10-22(20)23/h3-11,19,26-27H,12-18H2,1-2H3. The Labute approximate surface area is 179 Å². The molecular formula is C25H32N4O. The van der Waals surface area contributed by atoms with Crippen LogP contribution in [0.3, 0.4) is 0 Å². The number of amides is 1. The molecule has 158 valence electrons. The molecule has 5 nitrogen and oxygen atoms in total. The summed E-state index contributed by atoms with van der Waals surface area (Å²) in [6.07, 6.45) is 4.54. The molecule has 1 amide bonds. The number of carbonyl (C=O) groups is 1. The van der Waals surface area contributed by atoms with E-state index in [4.69, 9.17) is 0 Å². The summed E-state index contributed by atoms with van der Waals surface area (Å²) in [6.45, 7) is 3.10. The summed E-state index contributed by atoms with van der Waals surface area (Å²) >= 11 is 0. The Morgan fingerprint density at radius 3 is 2.50 bits per heavy atom. The summed E-state index contributed by atoms with van der Waals surface area (Å²) in [6, 6.07) is 19.0. The first-order chi connectivity index (χ1) is 14.6. The number of rotatable bonds is 7. The van der Waals surface area contributed by atoms with Gasteiger partial charge in [-0.2, -0.15) is 0 Å². The van der Waals surface area contributed by atoms with Crippen LogP contribution < -0.4 is 5.32 Å². The molecule has 1 aliphatic heterocycles. The van der Waals surface area contributed by atoms with Gasteiger partial charge in [0, 0.05) is 55.2 Å². The Kier molecular flexibility index (Phi) is 6.21. The molecule has 5 heteroatoms. The van der Waals surface area contributed by atoms with Crippen molar-refractivity contribution >= 4 is 16.8 Å². The minimum Gasteiger partial charge on any atom is -0.361 e. The predicted molar refractivity (Wildman–Crippen MR) is 122 cm³/mol. The van der Waals surface area contributed by atoms with E-state index in [2.05, 4.69) is 84.0 Å². The third-order valence-corrected chi connectivity index (χ3v) is 6.62. The van der Waals surface area contributed by atoms with Gasteiger partial charge in [-0.1, -0.05) is 48.5 Å². The minimum atomic E-state index is 0.0195. The first kappa shape index (κ1) is 20.6. The van der Waals surface area contributed by atoms with E-state index in [-0.39, 0.29) is 11.4 Å². The van der Waals surface area contributed by atoms with Crippen molar-refractivity contribution in [2.75, 3.05) is 33.7 Å². The summed E-state index contributed by atoms with van der Waals surface area (Å²) < 4.78 is 0. The maximum absolute atomic E-state index is 12.8. The van der Waals surface area contributed by atoms with E-state index in [1.807, 2.05) is 11.0 Å². The summed E-state index contributed by atoms with van der Waals surface area (Å²) in [4.78, 5) is 20.4. The van der Waals surface area contributed by atoms with Gasteiger partial charge in [0.15, 0.2) is 0 Å². The lowest BCUT2D eigenvalue weighted by Gasteiger charge is -2.46. The fourth-order valence-electron chi connectivity index (χ4n) is 4.72. The molecule has 0 radical (unpaired) electrons. The number of likely N-dealkylation sites (tertiary alicyclic amines) is 1. The van der Waals surface area contributed by atoms with Gasteiger partial charge in [0.2, 0.25) is 5.91 Å². The van der Waals surface area contributed by atoms with Crippen molar-refractivity contribution in [2.24, 2.45) is 0 Å². The van der Waals surface area contributed by atoms with Crippen LogP contribution in [-0.4, -0.2) is 54.4 Å². The van der Waals surface area contributed by atoms with Crippen LogP contribution in [0.25, 0.3) is 10.9 Å². The maximum Gasteiger partial charge on any atom is 0.223 e. The van der Waals surface area contributed by atoms with Gasteiger partial charge in [0.1, 0.15) is 0 Å². The second kappa shape index (κ2) is 9.02. The highest BCUT2D eigenvalue weighted by atomic mass is 16.2. The van der Waals surface area contributed by atoms with Crippen molar-refractivity contribution in [3.63, 3.8) is 0 Å². The Balaban J connectivity index is 1.27. The molecule has 0 spiro atoms. The third-order valence-electron chi connectivity index (χ3n) is 6.62. The smallest absolute Gasteiger partial charge is 0.223 e. The number of aromatic amines is 1. The normalized spacial score (nSPS) is 16.3. The van der Waals surface area contributed by atoms with Crippen molar-refractivity contribution < 1.29 is 4.79 Å². The van der Waals surface area contributed by atoms with E-state index < -0.39 is 0 Å². The largest absolute Gasteiger partial charge is 0.361 e. The average molecular weight is 405 g/mol. The van der Waals surface area contributed by atoms with Gasteiger partial charge in [-0.15, -0.1) is 0 Å². The molecule has 2 N–H and O–H groups in total. The molecule has 1 saturated heterocycles. The van der Waals surface area contributed by atoms with E-state index in [1.165, 1.54) is 16.5 Å². The van der Waals surface area contributed by atoms with Crippen LogP contribution in [0.5, 0.6) is 0 Å². The fourth-order valence-corrected chi connectivity index (χ4v) is 4.72. The molecule has 1 aliphatic rings. The second-order valence-electron chi connectivity index (χ2n) is 8.46. The molecule has 0 unspecified atom stereocenters. The van der Waals surface area contributed by atoms with Gasteiger partial charge in [-0.3, -0.25) is 9.69 Å². The molecule has 3 aromatic rings. The summed E-state index contributed by atoms with van der Waals surface area (Å²) in [5, 5.41) is 4.68. The number of nitrogens with zero attached hydrogens (tertiary/aromatic N) is 2. The third kappa shape index (κ3) is 4.13. The Hall–Kier alpha value is -2.63. The van der Waals surface area contributed by atoms with Gasteiger partial charge in [0.05, 0.1) is 0 Å². The first-order valence-electron chi connectivity index (χ1n) is 10.9. The molecule has 4 rings (SSSR count). The molecule has 2 heterocycles. The molecule has 1 aromatic heterocycles. The van der Waals surface area contributed by atoms with E-state index >= 15 is 0 Å². The van der Waals surface area contributed by atoms with Crippen LogP contribution in [-0.2, 0) is 16.9 Å². The quantitative estimate of drug-likeness (QED) is 0.590. The number of hydrogen-bond donors (Lipinski definition) is 2. The van der Waals surface area contributed by atoms with Crippen LogP contribution in [0.4, 0.5) is 0 Å². The van der Waals surface area contributed by atoms with Crippen LogP contribution in [0, 0.1) is 0 Å². The first-order valence-corrected chi connectivity index (χ1v) is 10.9. The van der Waals surface area contributed by atoms with E-state index in [1.54, 1.807) is 0 Å². The number of benzene rings is 2. The number of nitrogens with one attached hydrogen (secondary N) is 2. The Morgan fingerprint density at radius 2 is 1.77 bits per heavy atom. The lowest BCUT2D eigenvalue weighted by molar-refractivity contribution is -0.133. The summed E-state index contributed by atoms with van der Waals surface area (Å²) in [7, 11) is 4.30. The van der Waals surface area contributed by atoms with Crippen LogP contribution >= 0.6 is 0 Å². The van der Waals surface area contributed by atoms with Crippen molar-refractivity contribution in [2.45, 2.75) is 31.3 Å². The summed E-state index contributed by atoms with van der Waals surface area (Å²) in [5.41, 5.74) is 3.77. The zero-order valence-electron chi connectivity index (χ0n) is 18.0. The predicted octanol–water partition coefficient (Wildman–Crippen LogP) is 3.73. The average Bonchev–Trinajstić information content (AvgIpc) is 3.20. The van der Waals surface area contributed by atoms with Crippen LogP contribution in [0.2, 0.25) is 0 Å². The number of carbonyl (C=O) groups excluding carboxylic acids is 1. The Bertz CT molecular complexity index is 971. The van der Waals surface area contributed by atoms with Gasteiger partial charge < -0.3 is 15.2 Å². The van der Waals surface area contributed by atoms with Gasteiger partial charge >= 0.3 is 0 Å². The maximum atomic E-state index is 12.8. The molecule has 0 bridgehead atoms. The second-order valence-corrected chi connectivity index (χ2v) is 8.46. The van der Waals surface area contributed by atoms with Crippen molar-refractivity contribution in [1.29, 1.82) is 0 Å². The topological polar surface area (TPSA) is 51.4 Å². The molecular weight excluding hydrogens is 372 g/mol. The number of H-pyrrole nitrogens is 1. The minimum absolute atomic E-state index is 0.0195. The molecule has 0 aliphatic carbocycles.